The first-order chi connectivity index (χ1) is 8.54. The maximum absolute atomic E-state index is 11.7. The zero-order chi connectivity index (χ0) is 13.5. The van der Waals surface area contributed by atoms with Gasteiger partial charge in [0.1, 0.15) is 6.54 Å². The molecule has 0 fully saturated rings. The van der Waals surface area contributed by atoms with Crippen molar-refractivity contribution >= 4 is 33.9 Å². The maximum Gasteiger partial charge on any atom is 0.325 e. The summed E-state index contributed by atoms with van der Waals surface area (Å²) in [5.41, 5.74) is 0.900. The number of ether oxygens (including phenoxy) is 1. The fourth-order valence-electron chi connectivity index (χ4n) is 1.23. The number of carbonyl (C=O) groups is 2. The molecule has 0 saturated heterocycles. The summed E-state index contributed by atoms with van der Waals surface area (Å²) in [5, 5.41) is 0. The summed E-state index contributed by atoms with van der Waals surface area (Å²) in [4.78, 5) is 24.0. The lowest BCUT2D eigenvalue weighted by molar-refractivity contribution is -0.144. The molecule has 0 aliphatic rings. The van der Waals surface area contributed by atoms with Gasteiger partial charge >= 0.3 is 5.97 Å². The van der Waals surface area contributed by atoms with Crippen molar-refractivity contribution in [3.05, 3.63) is 40.4 Å². The van der Waals surface area contributed by atoms with Crippen molar-refractivity contribution in [1.82, 2.24) is 4.90 Å². The number of methoxy groups -OCH3 is 1. The summed E-state index contributed by atoms with van der Waals surface area (Å²) >= 11 is 3.38. The van der Waals surface area contributed by atoms with Crippen molar-refractivity contribution in [2.24, 2.45) is 0 Å². The van der Waals surface area contributed by atoms with Crippen LogP contribution < -0.4 is 0 Å². The first-order valence-electron chi connectivity index (χ1n) is 5.29. The third-order valence-electron chi connectivity index (χ3n) is 2.28. The van der Waals surface area contributed by atoms with Crippen molar-refractivity contribution in [2.75, 3.05) is 20.7 Å². The van der Waals surface area contributed by atoms with Gasteiger partial charge in [-0.05, 0) is 17.7 Å². The van der Waals surface area contributed by atoms with Crippen molar-refractivity contribution in [2.45, 2.75) is 0 Å². The Morgan fingerprint density at radius 2 is 2.06 bits per heavy atom. The van der Waals surface area contributed by atoms with Crippen LogP contribution in [0, 0.1) is 0 Å². The van der Waals surface area contributed by atoms with Crippen LogP contribution >= 0.6 is 15.9 Å². The summed E-state index contributed by atoms with van der Waals surface area (Å²) in [6.45, 7) is -0.0599. The summed E-state index contributed by atoms with van der Waals surface area (Å²) in [7, 11) is 2.83. The lowest BCUT2D eigenvalue weighted by Crippen LogP contribution is -2.31. The maximum atomic E-state index is 11.7. The highest BCUT2D eigenvalue weighted by Gasteiger charge is 2.10. The largest absolute Gasteiger partial charge is 0.468 e. The average molecular weight is 312 g/mol. The van der Waals surface area contributed by atoms with Gasteiger partial charge in [-0.15, -0.1) is 0 Å². The highest BCUT2D eigenvalue weighted by Crippen LogP contribution is 2.17. The first kappa shape index (κ1) is 14.4. The third kappa shape index (κ3) is 4.33. The summed E-state index contributed by atoms with van der Waals surface area (Å²) in [6, 6.07) is 7.55. The molecule has 18 heavy (non-hydrogen) atoms. The van der Waals surface area contributed by atoms with Gasteiger partial charge in [-0.2, -0.15) is 0 Å². The SMILES string of the molecule is COC(=O)CN(C)C(=O)/C=C/c1ccccc1Br. The van der Waals surface area contributed by atoms with Crippen LogP contribution in [0.3, 0.4) is 0 Å². The number of esters is 1. The minimum absolute atomic E-state index is 0.0599. The monoisotopic (exact) mass is 311 g/mol. The van der Waals surface area contributed by atoms with Crippen LogP contribution in [0.5, 0.6) is 0 Å². The van der Waals surface area contributed by atoms with E-state index in [2.05, 4.69) is 20.7 Å². The van der Waals surface area contributed by atoms with Crippen LogP contribution in [0.4, 0.5) is 0 Å². The molecule has 1 aromatic carbocycles. The van der Waals surface area contributed by atoms with Crippen LogP contribution in [0.15, 0.2) is 34.8 Å². The second kappa shape index (κ2) is 6.96. The first-order valence-corrected chi connectivity index (χ1v) is 6.08. The van der Waals surface area contributed by atoms with Gasteiger partial charge < -0.3 is 9.64 Å². The predicted octanol–water partition coefficient (Wildman–Crippen LogP) is 2.09. The summed E-state index contributed by atoms with van der Waals surface area (Å²) in [6.07, 6.45) is 3.11. The van der Waals surface area contributed by atoms with E-state index in [0.717, 1.165) is 10.0 Å². The van der Waals surface area contributed by atoms with Crippen molar-refractivity contribution in [3.63, 3.8) is 0 Å². The minimum atomic E-state index is -0.444. The molecule has 0 aliphatic heterocycles. The number of likely N-dealkylation sites (N-methyl/N-ethyl adjacent to an activating group) is 1. The van der Waals surface area contributed by atoms with E-state index in [9.17, 15) is 9.59 Å². The number of halogens is 1. The molecule has 0 bridgehead atoms. The Balaban J connectivity index is 2.65. The molecule has 0 atom stereocenters. The van der Waals surface area contributed by atoms with E-state index in [1.54, 1.807) is 13.1 Å². The Morgan fingerprint density at radius 1 is 1.39 bits per heavy atom. The molecule has 0 N–H and O–H groups in total. The molecule has 4 nitrogen and oxygen atoms in total. The van der Waals surface area contributed by atoms with E-state index in [1.807, 2.05) is 24.3 Å². The zero-order valence-corrected chi connectivity index (χ0v) is 11.8. The summed E-state index contributed by atoms with van der Waals surface area (Å²) in [5.74, 6) is -0.698. The quantitative estimate of drug-likeness (QED) is 0.632. The fraction of sp³-hybridized carbons (Fsp3) is 0.231. The molecule has 96 valence electrons. The van der Waals surface area contributed by atoms with Crippen LogP contribution in [-0.4, -0.2) is 37.5 Å². The molecule has 0 unspecified atom stereocenters. The van der Waals surface area contributed by atoms with Crippen LogP contribution in [0.1, 0.15) is 5.56 Å². The zero-order valence-electron chi connectivity index (χ0n) is 10.2. The van der Waals surface area contributed by atoms with Gasteiger partial charge in [-0.25, -0.2) is 0 Å². The molecule has 0 aromatic heterocycles. The van der Waals surface area contributed by atoms with Gasteiger partial charge in [0, 0.05) is 17.6 Å². The van der Waals surface area contributed by atoms with Crippen LogP contribution in [-0.2, 0) is 14.3 Å². The molecular formula is C13H14BrNO3. The van der Waals surface area contributed by atoms with Crippen molar-refractivity contribution in [1.29, 1.82) is 0 Å². The van der Waals surface area contributed by atoms with E-state index < -0.39 is 5.97 Å². The third-order valence-corrected chi connectivity index (χ3v) is 3.00. The highest BCUT2D eigenvalue weighted by molar-refractivity contribution is 9.10. The predicted molar refractivity (Wildman–Crippen MR) is 72.8 cm³/mol. The lowest BCUT2D eigenvalue weighted by atomic mass is 10.2. The number of hydrogen-bond acceptors (Lipinski definition) is 3. The number of carbonyl (C=O) groups excluding carboxylic acids is 2. The molecule has 0 radical (unpaired) electrons. The number of benzene rings is 1. The average Bonchev–Trinajstić information content (AvgIpc) is 2.37. The fourth-order valence-corrected chi connectivity index (χ4v) is 1.65. The number of amides is 1. The van der Waals surface area contributed by atoms with Crippen LogP contribution in [0.25, 0.3) is 6.08 Å². The summed E-state index contributed by atoms with van der Waals surface area (Å²) < 4.78 is 5.40. The smallest absolute Gasteiger partial charge is 0.325 e. The Hall–Kier alpha value is -1.62. The van der Waals surface area contributed by atoms with Gasteiger partial charge in [0.25, 0.3) is 0 Å². The van der Waals surface area contributed by atoms with Gasteiger partial charge in [-0.3, -0.25) is 9.59 Å². The van der Waals surface area contributed by atoms with Gasteiger partial charge in [-0.1, -0.05) is 34.1 Å². The minimum Gasteiger partial charge on any atom is -0.468 e. The molecular weight excluding hydrogens is 298 g/mol. The van der Waals surface area contributed by atoms with Gasteiger partial charge in [0.2, 0.25) is 5.91 Å². The van der Waals surface area contributed by atoms with Crippen molar-refractivity contribution in [3.8, 4) is 0 Å². The van der Waals surface area contributed by atoms with E-state index in [1.165, 1.54) is 18.1 Å². The Morgan fingerprint density at radius 3 is 2.67 bits per heavy atom. The molecule has 0 aliphatic carbocycles. The van der Waals surface area contributed by atoms with E-state index in [-0.39, 0.29) is 12.5 Å². The van der Waals surface area contributed by atoms with E-state index in [4.69, 9.17) is 0 Å². The number of hydrogen-bond donors (Lipinski definition) is 0. The molecule has 1 amide bonds. The molecule has 0 heterocycles. The van der Waals surface area contributed by atoms with E-state index in [0.29, 0.717) is 0 Å². The Labute approximate surface area is 114 Å². The second-order valence-electron chi connectivity index (χ2n) is 3.63. The molecule has 1 rings (SSSR count). The lowest BCUT2D eigenvalue weighted by Gasteiger charge is -2.12. The molecule has 5 heteroatoms. The molecule has 0 spiro atoms. The highest BCUT2D eigenvalue weighted by atomic mass is 79.9. The number of nitrogens with zero attached hydrogens (tertiary/aromatic N) is 1. The van der Waals surface area contributed by atoms with E-state index >= 15 is 0 Å². The van der Waals surface area contributed by atoms with Gasteiger partial charge in [0.05, 0.1) is 7.11 Å². The molecule has 1 aromatic rings. The Bertz CT molecular complexity index is 471. The van der Waals surface area contributed by atoms with Gasteiger partial charge in [0.15, 0.2) is 0 Å². The van der Waals surface area contributed by atoms with Crippen molar-refractivity contribution < 1.29 is 14.3 Å². The Kier molecular flexibility index (Phi) is 5.58. The standard InChI is InChI=1S/C13H14BrNO3/c1-15(9-13(17)18-2)12(16)8-7-10-5-3-4-6-11(10)14/h3-8H,9H2,1-2H3/b8-7+. The normalized spacial score (nSPS) is 10.4. The number of rotatable bonds is 4. The molecule has 0 saturated carbocycles. The topological polar surface area (TPSA) is 46.6 Å². The second-order valence-corrected chi connectivity index (χ2v) is 4.48. The van der Waals surface area contributed by atoms with Crippen LogP contribution in [0.2, 0.25) is 0 Å².